The number of fused-ring (bicyclic) bond motifs is 6. The maximum Gasteiger partial charge on any atom is 0.264 e. The highest BCUT2D eigenvalue weighted by molar-refractivity contribution is 6.18. The van der Waals surface area contributed by atoms with Gasteiger partial charge in [-0.25, -0.2) is 0 Å². The van der Waals surface area contributed by atoms with Crippen LogP contribution in [0, 0.1) is 0 Å². The van der Waals surface area contributed by atoms with Gasteiger partial charge in [-0.2, -0.15) is 0 Å². The van der Waals surface area contributed by atoms with E-state index in [4.69, 9.17) is 9.47 Å². The molecule has 1 atom stereocenters. The van der Waals surface area contributed by atoms with Gasteiger partial charge in [0.25, 0.3) is 11.8 Å². The summed E-state index contributed by atoms with van der Waals surface area (Å²) >= 11 is 0. The topological polar surface area (TPSA) is 104 Å². The van der Waals surface area contributed by atoms with Gasteiger partial charge < -0.3 is 24.7 Å². The molecule has 186 valence electrons. The first-order valence-corrected chi connectivity index (χ1v) is 11.9. The van der Waals surface area contributed by atoms with Crippen molar-refractivity contribution in [3.05, 3.63) is 83.6 Å². The third-order valence-corrected chi connectivity index (χ3v) is 6.90. The lowest BCUT2D eigenvalue weighted by molar-refractivity contribution is -0.116. The SMILES string of the molecule is COc1ccc2c(c1OC)C(=O)N1c3ccccc3C(=O)N(CCC(=O)Nc3ccc4cc[nH]c4c3)[C@H]21. The molecule has 6 rings (SSSR count). The zero-order valence-corrected chi connectivity index (χ0v) is 20.3. The fraction of sp³-hybridized carbons (Fsp3) is 0.179. The van der Waals surface area contributed by atoms with Gasteiger partial charge in [0.05, 0.1) is 31.0 Å². The van der Waals surface area contributed by atoms with E-state index in [2.05, 4.69) is 10.3 Å². The molecule has 2 aliphatic heterocycles. The second kappa shape index (κ2) is 8.70. The van der Waals surface area contributed by atoms with Crippen molar-refractivity contribution < 1.29 is 23.9 Å². The molecule has 9 nitrogen and oxygen atoms in total. The number of hydrogen-bond donors (Lipinski definition) is 2. The van der Waals surface area contributed by atoms with Crippen LogP contribution in [0.3, 0.4) is 0 Å². The second-order valence-corrected chi connectivity index (χ2v) is 8.91. The maximum atomic E-state index is 13.7. The molecule has 37 heavy (non-hydrogen) atoms. The van der Waals surface area contributed by atoms with Crippen LogP contribution < -0.4 is 19.7 Å². The van der Waals surface area contributed by atoms with Crippen LogP contribution in [0.4, 0.5) is 11.4 Å². The molecule has 3 aromatic carbocycles. The number of methoxy groups -OCH3 is 2. The average Bonchev–Trinajstić information content (AvgIpc) is 3.50. The van der Waals surface area contributed by atoms with Crippen molar-refractivity contribution in [2.24, 2.45) is 0 Å². The minimum atomic E-state index is -0.701. The highest BCUT2D eigenvalue weighted by Crippen LogP contribution is 2.49. The molecule has 4 aromatic rings. The minimum Gasteiger partial charge on any atom is -0.493 e. The second-order valence-electron chi connectivity index (χ2n) is 8.91. The number of amides is 3. The molecule has 2 N–H and O–H groups in total. The van der Waals surface area contributed by atoms with Gasteiger partial charge in [0.15, 0.2) is 11.5 Å². The van der Waals surface area contributed by atoms with E-state index in [0.717, 1.165) is 10.9 Å². The first-order chi connectivity index (χ1) is 18.0. The molecule has 0 radical (unpaired) electrons. The van der Waals surface area contributed by atoms with Crippen LogP contribution in [-0.4, -0.2) is 48.4 Å². The summed E-state index contributed by atoms with van der Waals surface area (Å²) in [5, 5.41) is 3.95. The Morgan fingerprint density at radius 3 is 2.65 bits per heavy atom. The number of para-hydroxylation sites is 1. The normalized spacial score (nSPS) is 15.9. The summed E-state index contributed by atoms with van der Waals surface area (Å²) in [6.07, 6.45) is 1.19. The van der Waals surface area contributed by atoms with Gasteiger partial charge in [-0.15, -0.1) is 0 Å². The first-order valence-electron chi connectivity index (χ1n) is 11.9. The Morgan fingerprint density at radius 2 is 1.84 bits per heavy atom. The van der Waals surface area contributed by atoms with Crippen molar-refractivity contribution >= 4 is 40.0 Å². The van der Waals surface area contributed by atoms with Crippen LogP contribution in [0.25, 0.3) is 10.9 Å². The Hall–Kier alpha value is -4.79. The first kappa shape index (κ1) is 22.7. The molecule has 3 amide bonds. The van der Waals surface area contributed by atoms with E-state index in [1.54, 1.807) is 46.2 Å². The molecule has 9 heteroatoms. The third-order valence-electron chi connectivity index (χ3n) is 6.90. The summed E-state index contributed by atoms with van der Waals surface area (Å²) in [5.74, 6) is -0.0148. The largest absolute Gasteiger partial charge is 0.493 e. The number of rotatable bonds is 6. The molecule has 0 saturated heterocycles. The number of benzene rings is 3. The fourth-order valence-corrected chi connectivity index (χ4v) is 5.22. The van der Waals surface area contributed by atoms with Crippen molar-refractivity contribution in [1.82, 2.24) is 9.88 Å². The van der Waals surface area contributed by atoms with Crippen LogP contribution in [0.1, 0.15) is 38.9 Å². The van der Waals surface area contributed by atoms with Crippen molar-refractivity contribution in [1.29, 1.82) is 0 Å². The predicted molar refractivity (Wildman–Crippen MR) is 138 cm³/mol. The average molecular weight is 497 g/mol. The van der Waals surface area contributed by atoms with Crippen LogP contribution in [-0.2, 0) is 4.79 Å². The molecule has 2 aliphatic rings. The summed E-state index contributed by atoms with van der Waals surface area (Å²) in [7, 11) is 2.99. The van der Waals surface area contributed by atoms with E-state index in [0.29, 0.717) is 39.6 Å². The lowest BCUT2D eigenvalue weighted by atomic mass is 10.0. The number of nitrogens with zero attached hydrogens (tertiary/aromatic N) is 2. The number of H-pyrrole nitrogens is 1. The van der Waals surface area contributed by atoms with E-state index in [9.17, 15) is 14.4 Å². The smallest absolute Gasteiger partial charge is 0.264 e. The Labute approximate surface area is 212 Å². The van der Waals surface area contributed by atoms with E-state index < -0.39 is 6.17 Å². The molecule has 3 heterocycles. The molecule has 0 bridgehead atoms. The number of aromatic amines is 1. The maximum absolute atomic E-state index is 13.7. The number of nitrogens with one attached hydrogen (secondary N) is 2. The number of aromatic nitrogens is 1. The van der Waals surface area contributed by atoms with Crippen molar-refractivity contribution in [2.45, 2.75) is 12.6 Å². The quantitative estimate of drug-likeness (QED) is 0.414. The molecule has 0 fully saturated rings. The zero-order chi connectivity index (χ0) is 25.7. The van der Waals surface area contributed by atoms with Crippen LogP contribution in [0.5, 0.6) is 11.5 Å². The third kappa shape index (κ3) is 3.50. The van der Waals surface area contributed by atoms with Crippen molar-refractivity contribution in [3.8, 4) is 11.5 Å². The molecule has 1 aromatic heterocycles. The standard InChI is InChI=1S/C28H24N4O5/c1-36-22-10-9-19-24(25(22)37-2)28(35)32-21-6-4-3-5-18(21)27(34)31(26(19)32)14-12-23(33)30-17-8-7-16-11-13-29-20(16)15-17/h3-11,13,15,26,29H,12,14H2,1-2H3,(H,30,33)/t26-/m0/s1. The van der Waals surface area contributed by atoms with Gasteiger partial charge in [0, 0.05) is 35.9 Å². The van der Waals surface area contributed by atoms with Gasteiger partial charge in [-0.3, -0.25) is 19.3 Å². The monoisotopic (exact) mass is 496 g/mol. The summed E-state index contributed by atoms with van der Waals surface area (Å²) in [4.78, 5) is 46.6. The molecular weight excluding hydrogens is 472 g/mol. The summed E-state index contributed by atoms with van der Waals surface area (Å²) in [5.41, 5.74) is 3.49. The van der Waals surface area contributed by atoms with Gasteiger partial charge in [-0.1, -0.05) is 24.3 Å². The lowest BCUT2D eigenvalue weighted by Crippen LogP contribution is -2.49. The van der Waals surface area contributed by atoms with E-state index in [1.807, 2.05) is 30.5 Å². The molecule has 0 saturated carbocycles. The number of hydrogen-bond acceptors (Lipinski definition) is 5. The van der Waals surface area contributed by atoms with Crippen LogP contribution >= 0.6 is 0 Å². The Balaban J connectivity index is 1.33. The van der Waals surface area contributed by atoms with E-state index in [-0.39, 0.29) is 30.7 Å². The molecule has 0 spiro atoms. The number of anilines is 2. The Kier molecular flexibility index (Phi) is 5.33. The molecule has 0 unspecified atom stereocenters. The van der Waals surface area contributed by atoms with E-state index >= 15 is 0 Å². The minimum absolute atomic E-state index is 0.0534. The highest BCUT2D eigenvalue weighted by atomic mass is 16.5. The fourth-order valence-electron chi connectivity index (χ4n) is 5.22. The lowest BCUT2D eigenvalue weighted by Gasteiger charge is -2.40. The zero-order valence-electron chi connectivity index (χ0n) is 20.3. The van der Waals surface area contributed by atoms with Gasteiger partial charge in [0.2, 0.25) is 5.91 Å². The number of carbonyl (C=O) groups excluding carboxylic acids is 3. The van der Waals surface area contributed by atoms with Gasteiger partial charge >= 0.3 is 0 Å². The Bertz CT molecular complexity index is 1580. The van der Waals surface area contributed by atoms with Gasteiger partial charge in [0.1, 0.15) is 6.17 Å². The highest BCUT2D eigenvalue weighted by Gasteiger charge is 2.49. The number of carbonyl (C=O) groups is 3. The predicted octanol–water partition coefficient (Wildman–Crippen LogP) is 4.33. The van der Waals surface area contributed by atoms with Crippen LogP contribution in [0.15, 0.2) is 66.9 Å². The van der Waals surface area contributed by atoms with E-state index in [1.165, 1.54) is 14.2 Å². The summed E-state index contributed by atoms with van der Waals surface area (Å²) < 4.78 is 11.0. The summed E-state index contributed by atoms with van der Waals surface area (Å²) in [6, 6.07) is 18.1. The van der Waals surface area contributed by atoms with Crippen LogP contribution in [0.2, 0.25) is 0 Å². The van der Waals surface area contributed by atoms with Gasteiger partial charge in [-0.05, 0) is 41.8 Å². The Morgan fingerprint density at radius 1 is 1.00 bits per heavy atom. The van der Waals surface area contributed by atoms with Crippen molar-refractivity contribution in [2.75, 3.05) is 31.0 Å². The van der Waals surface area contributed by atoms with Crippen molar-refractivity contribution in [3.63, 3.8) is 0 Å². The number of ether oxygens (including phenoxy) is 2. The summed E-state index contributed by atoms with van der Waals surface area (Å²) in [6.45, 7) is 0.117. The molecular formula is C28H24N4O5. The molecule has 0 aliphatic carbocycles.